The maximum atomic E-state index is 10.8. The quantitative estimate of drug-likeness (QED) is 0.738. The summed E-state index contributed by atoms with van der Waals surface area (Å²) in [5.41, 5.74) is 0.179. The summed E-state index contributed by atoms with van der Waals surface area (Å²) in [4.78, 5) is 14.9. The maximum absolute atomic E-state index is 10.8. The normalized spacial score (nSPS) is 10.7. The van der Waals surface area contributed by atoms with Gasteiger partial charge in [-0.3, -0.25) is 0 Å². The number of nitrogens with one attached hydrogen (secondary N) is 1. The fourth-order valence-corrected chi connectivity index (χ4v) is 1.51. The van der Waals surface area contributed by atoms with Crippen LogP contribution in [-0.2, 0) is 13.0 Å². The Morgan fingerprint density at radius 3 is 3.06 bits per heavy atom. The second kappa shape index (κ2) is 5.46. The molecule has 0 aliphatic carbocycles. The molecular formula is C11H13N3O4. The SMILES string of the molecule is Cc1nc(CCNCc2occc2C(=O)O)no1. The molecule has 96 valence electrons. The second-order valence-electron chi connectivity index (χ2n) is 3.72. The third-order valence-corrected chi connectivity index (χ3v) is 2.36. The highest BCUT2D eigenvalue weighted by Gasteiger charge is 2.12. The van der Waals surface area contributed by atoms with E-state index in [-0.39, 0.29) is 5.56 Å². The van der Waals surface area contributed by atoms with Crippen LogP contribution in [0.1, 0.15) is 27.8 Å². The highest BCUT2D eigenvalue weighted by atomic mass is 16.5. The monoisotopic (exact) mass is 251 g/mol. The van der Waals surface area contributed by atoms with Crippen LogP contribution in [0.5, 0.6) is 0 Å². The van der Waals surface area contributed by atoms with E-state index in [1.165, 1.54) is 12.3 Å². The predicted molar refractivity (Wildman–Crippen MR) is 60.1 cm³/mol. The number of aryl methyl sites for hydroxylation is 1. The summed E-state index contributed by atoms with van der Waals surface area (Å²) in [6.45, 7) is 2.69. The van der Waals surface area contributed by atoms with Gasteiger partial charge in [-0.05, 0) is 6.07 Å². The van der Waals surface area contributed by atoms with Crippen LogP contribution in [0.25, 0.3) is 0 Å². The van der Waals surface area contributed by atoms with Gasteiger partial charge in [0.05, 0.1) is 12.8 Å². The lowest BCUT2D eigenvalue weighted by molar-refractivity contribution is 0.0694. The minimum Gasteiger partial charge on any atom is -0.478 e. The third-order valence-electron chi connectivity index (χ3n) is 2.36. The molecule has 2 N–H and O–H groups in total. The van der Waals surface area contributed by atoms with Crippen molar-refractivity contribution in [2.24, 2.45) is 0 Å². The molecule has 0 fully saturated rings. The van der Waals surface area contributed by atoms with Gasteiger partial charge in [0.2, 0.25) is 5.89 Å². The van der Waals surface area contributed by atoms with Crippen molar-refractivity contribution in [1.29, 1.82) is 0 Å². The van der Waals surface area contributed by atoms with Crippen molar-refractivity contribution in [1.82, 2.24) is 15.5 Å². The van der Waals surface area contributed by atoms with Gasteiger partial charge < -0.3 is 19.4 Å². The zero-order valence-corrected chi connectivity index (χ0v) is 9.84. The summed E-state index contributed by atoms with van der Waals surface area (Å²) < 4.78 is 9.92. The zero-order valence-electron chi connectivity index (χ0n) is 9.84. The molecule has 0 unspecified atom stereocenters. The largest absolute Gasteiger partial charge is 0.478 e. The van der Waals surface area contributed by atoms with Crippen molar-refractivity contribution in [2.45, 2.75) is 19.9 Å². The van der Waals surface area contributed by atoms with Crippen molar-refractivity contribution >= 4 is 5.97 Å². The van der Waals surface area contributed by atoms with E-state index < -0.39 is 5.97 Å². The molecule has 2 rings (SSSR count). The summed E-state index contributed by atoms with van der Waals surface area (Å²) in [7, 11) is 0. The molecule has 0 saturated carbocycles. The van der Waals surface area contributed by atoms with E-state index in [0.29, 0.717) is 37.0 Å². The van der Waals surface area contributed by atoms with Crippen LogP contribution in [0, 0.1) is 6.92 Å². The van der Waals surface area contributed by atoms with Crippen molar-refractivity contribution in [3.63, 3.8) is 0 Å². The van der Waals surface area contributed by atoms with Gasteiger partial charge >= 0.3 is 5.97 Å². The van der Waals surface area contributed by atoms with E-state index in [1.54, 1.807) is 6.92 Å². The number of hydrogen-bond acceptors (Lipinski definition) is 6. The Labute approximate surface area is 103 Å². The first-order chi connectivity index (χ1) is 8.66. The lowest BCUT2D eigenvalue weighted by Crippen LogP contribution is -2.18. The summed E-state index contributed by atoms with van der Waals surface area (Å²) in [6.07, 6.45) is 1.98. The number of carboxylic acids is 1. The molecule has 0 amide bonds. The highest BCUT2D eigenvalue weighted by Crippen LogP contribution is 2.09. The molecule has 0 aromatic carbocycles. The third kappa shape index (κ3) is 2.95. The van der Waals surface area contributed by atoms with Crippen LogP contribution >= 0.6 is 0 Å². The molecule has 18 heavy (non-hydrogen) atoms. The van der Waals surface area contributed by atoms with Gasteiger partial charge in [-0.15, -0.1) is 0 Å². The van der Waals surface area contributed by atoms with Crippen molar-refractivity contribution in [3.05, 3.63) is 35.4 Å². The lowest BCUT2D eigenvalue weighted by Gasteiger charge is -2.01. The molecule has 0 aliphatic heterocycles. The molecule has 0 spiro atoms. The van der Waals surface area contributed by atoms with Crippen molar-refractivity contribution < 1.29 is 18.8 Å². The minimum absolute atomic E-state index is 0.179. The van der Waals surface area contributed by atoms with E-state index in [0.717, 1.165) is 0 Å². The number of carboxylic acid groups (broad SMARTS) is 1. The molecule has 2 aromatic heterocycles. The average molecular weight is 251 g/mol. The molecule has 0 atom stereocenters. The van der Waals surface area contributed by atoms with Gasteiger partial charge in [-0.1, -0.05) is 5.16 Å². The van der Waals surface area contributed by atoms with Crippen LogP contribution in [-0.4, -0.2) is 27.8 Å². The second-order valence-corrected chi connectivity index (χ2v) is 3.72. The van der Waals surface area contributed by atoms with E-state index in [4.69, 9.17) is 14.0 Å². The molecule has 7 heteroatoms. The molecule has 2 aromatic rings. The van der Waals surface area contributed by atoms with Crippen LogP contribution in [0.4, 0.5) is 0 Å². The first-order valence-electron chi connectivity index (χ1n) is 5.46. The standard InChI is InChI=1S/C11H13N3O4/c1-7-13-10(14-18-7)2-4-12-6-9-8(11(15)16)3-5-17-9/h3,5,12H,2,4,6H2,1H3,(H,15,16). The number of carbonyl (C=O) groups is 1. The number of aromatic nitrogens is 2. The highest BCUT2D eigenvalue weighted by molar-refractivity contribution is 5.88. The van der Waals surface area contributed by atoms with Gasteiger partial charge in [0.25, 0.3) is 0 Å². The van der Waals surface area contributed by atoms with Gasteiger partial charge in [-0.2, -0.15) is 4.98 Å². The Morgan fingerprint density at radius 2 is 2.39 bits per heavy atom. The number of hydrogen-bond donors (Lipinski definition) is 2. The predicted octanol–water partition coefficient (Wildman–Crippen LogP) is 1.00. The number of nitrogens with zero attached hydrogens (tertiary/aromatic N) is 2. The van der Waals surface area contributed by atoms with Gasteiger partial charge in [0, 0.05) is 19.9 Å². The van der Waals surface area contributed by atoms with Crippen LogP contribution < -0.4 is 5.32 Å². The summed E-state index contributed by atoms with van der Waals surface area (Å²) in [5, 5.41) is 15.7. The lowest BCUT2D eigenvalue weighted by atomic mass is 10.2. The Bertz CT molecular complexity index is 532. The zero-order chi connectivity index (χ0) is 13.0. The Morgan fingerprint density at radius 1 is 1.56 bits per heavy atom. The summed E-state index contributed by atoms with van der Waals surface area (Å²) >= 11 is 0. The first kappa shape index (κ1) is 12.3. The van der Waals surface area contributed by atoms with Gasteiger partial charge in [-0.25, -0.2) is 4.79 Å². The summed E-state index contributed by atoms with van der Waals surface area (Å²) in [5.74, 6) is 0.572. The van der Waals surface area contributed by atoms with Crippen molar-refractivity contribution in [2.75, 3.05) is 6.54 Å². The topological polar surface area (TPSA) is 101 Å². The molecule has 0 bridgehead atoms. The fraction of sp³-hybridized carbons (Fsp3) is 0.364. The molecular weight excluding hydrogens is 238 g/mol. The molecule has 0 saturated heterocycles. The smallest absolute Gasteiger partial charge is 0.339 e. The van der Waals surface area contributed by atoms with Crippen LogP contribution in [0.3, 0.4) is 0 Å². The Kier molecular flexibility index (Phi) is 3.73. The van der Waals surface area contributed by atoms with Gasteiger partial charge in [0.15, 0.2) is 5.82 Å². The summed E-state index contributed by atoms with van der Waals surface area (Å²) in [6, 6.07) is 1.43. The van der Waals surface area contributed by atoms with E-state index >= 15 is 0 Å². The number of aromatic carboxylic acids is 1. The van der Waals surface area contributed by atoms with E-state index in [9.17, 15) is 4.79 Å². The van der Waals surface area contributed by atoms with Crippen molar-refractivity contribution in [3.8, 4) is 0 Å². The number of furan rings is 1. The van der Waals surface area contributed by atoms with E-state index in [2.05, 4.69) is 15.5 Å². The Hall–Kier alpha value is -2.15. The van der Waals surface area contributed by atoms with Crippen LogP contribution in [0.2, 0.25) is 0 Å². The average Bonchev–Trinajstić information content (AvgIpc) is 2.93. The molecule has 0 aliphatic rings. The number of rotatable bonds is 6. The fourth-order valence-electron chi connectivity index (χ4n) is 1.51. The molecule has 7 nitrogen and oxygen atoms in total. The molecule has 2 heterocycles. The van der Waals surface area contributed by atoms with E-state index in [1.807, 2.05) is 0 Å². The van der Waals surface area contributed by atoms with Crippen LogP contribution in [0.15, 0.2) is 21.3 Å². The minimum atomic E-state index is -0.991. The first-order valence-corrected chi connectivity index (χ1v) is 5.46. The van der Waals surface area contributed by atoms with Gasteiger partial charge in [0.1, 0.15) is 11.3 Å². The maximum Gasteiger partial charge on any atom is 0.339 e. The molecule has 0 radical (unpaired) electrons. The Balaban J connectivity index is 1.78.